The summed E-state index contributed by atoms with van der Waals surface area (Å²) in [5.41, 5.74) is 1.41. The molecule has 0 bridgehead atoms. The molecule has 0 saturated carbocycles. The molecule has 0 aliphatic heterocycles. The largest absolute Gasteiger partial charge is 0.508 e. The number of hydrogen-bond acceptors (Lipinski definition) is 6. The Labute approximate surface area is 165 Å². The minimum absolute atomic E-state index is 0.0141. The second-order valence-electron chi connectivity index (χ2n) is 6.90. The van der Waals surface area contributed by atoms with Gasteiger partial charge in [-0.05, 0) is 31.0 Å². The van der Waals surface area contributed by atoms with E-state index >= 15 is 0 Å². The molecular weight excluding hydrogens is 358 g/mol. The van der Waals surface area contributed by atoms with Gasteiger partial charge in [0.25, 0.3) is 0 Å². The highest BCUT2D eigenvalue weighted by Crippen LogP contribution is 2.16. The molecule has 0 aromatic heterocycles. The lowest BCUT2D eigenvalue weighted by atomic mass is 9.99. The summed E-state index contributed by atoms with van der Waals surface area (Å²) < 4.78 is 5.80. The van der Waals surface area contributed by atoms with Crippen LogP contribution in [0.15, 0.2) is 54.6 Å². The Kier molecular flexibility index (Phi) is 9.10. The van der Waals surface area contributed by atoms with Crippen LogP contribution in [-0.4, -0.2) is 59.1 Å². The van der Waals surface area contributed by atoms with Gasteiger partial charge in [0.2, 0.25) is 0 Å². The highest BCUT2D eigenvalue weighted by atomic mass is 16.5. The molecule has 3 atom stereocenters. The predicted octanol–water partition coefficient (Wildman–Crippen LogP) is 1.92. The average molecular weight is 387 g/mol. The maximum Gasteiger partial charge on any atom is 0.191 e. The van der Waals surface area contributed by atoms with Gasteiger partial charge in [0.1, 0.15) is 11.9 Å². The van der Waals surface area contributed by atoms with Crippen molar-refractivity contribution >= 4 is 5.78 Å². The summed E-state index contributed by atoms with van der Waals surface area (Å²) in [5.74, 6) is 0.0107. The van der Waals surface area contributed by atoms with E-state index in [4.69, 9.17) is 9.84 Å². The number of aliphatic hydroxyl groups is 2. The van der Waals surface area contributed by atoms with Crippen LogP contribution in [0.2, 0.25) is 0 Å². The first-order valence-corrected chi connectivity index (χ1v) is 9.50. The molecule has 0 aliphatic rings. The summed E-state index contributed by atoms with van der Waals surface area (Å²) in [6.07, 6.45) is -0.568. The normalized spacial score (nSPS) is 14.4. The second kappa shape index (κ2) is 11.6. The summed E-state index contributed by atoms with van der Waals surface area (Å²) in [6, 6.07) is 15.6. The Balaban J connectivity index is 1.99. The lowest BCUT2D eigenvalue weighted by Crippen LogP contribution is -2.38. The number of ketones is 1. The smallest absolute Gasteiger partial charge is 0.191 e. The number of phenols is 1. The first-order chi connectivity index (χ1) is 13.5. The Morgan fingerprint density at radius 2 is 1.79 bits per heavy atom. The maximum atomic E-state index is 12.9. The van der Waals surface area contributed by atoms with Crippen molar-refractivity contribution in [3.05, 3.63) is 65.7 Å². The molecule has 0 saturated heterocycles. The van der Waals surface area contributed by atoms with Crippen molar-refractivity contribution in [2.45, 2.75) is 38.0 Å². The molecule has 0 fully saturated rings. The summed E-state index contributed by atoms with van der Waals surface area (Å²) in [7, 11) is 0. The third kappa shape index (κ3) is 7.40. The quantitative estimate of drug-likeness (QED) is 0.415. The number of phenolic OH excluding ortho intramolecular Hbond substituents is 1. The van der Waals surface area contributed by atoms with Gasteiger partial charge in [-0.2, -0.15) is 0 Å². The number of hydrogen-bond donors (Lipinski definition) is 4. The fourth-order valence-corrected chi connectivity index (χ4v) is 2.78. The highest BCUT2D eigenvalue weighted by Gasteiger charge is 2.22. The number of aliphatic hydroxyl groups excluding tert-OH is 2. The SMILES string of the molecule is CC(CCO)NCC(O)COC(Cc1ccc(O)cc1)C(=O)c1ccccc1. The van der Waals surface area contributed by atoms with Gasteiger partial charge in [-0.3, -0.25) is 4.79 Å². The van der Waals surface area contributed by atoms with Crippen LogP contribution in [0.1, 0.15) is 29.3 Å². The predicted molar refractivity (Wildman–Crippen MR) is 107 cm³/mol. The van der Waals surface area contributed by atoms with Crippen LogP contribution in [0.4, 0.5) is 0 Å². The molecular formula is C22H29NO5. The lowest BCUT2D eigenvalue weighted by Gasteiger charge is -2.21. The molecule has 2 aromatic rings. The zero-order chi connectivity index (χ0) is 20.4. The van der Waals surface area contributed by atoms with Gasteiger partial charge in [-0.25, -0.2) is 0 Å². The van der Waals surface area contributed by atoms with Crippen LogP contribution < -0.4 is 5.32 Å². The molecule has 2 rings (SSSR count). The van der Waals surface area contributed by atoms with Crippen molar-refractivity contribution in [1.29, 1.82) is 0 Å². The van der Waals surface area contributed by atoms with Crippen molar-refractivity contribution in [2.24, 2.45) is 0 Å². The molecule has 152 valence electrons. The minimum atomic E-state index is -0.771. The number of rotatable bonds is 12. The van der Waals surface area contributed by atoms with Crippen LogP contribution in [0.3, 0.4) is 0 Å². The van der Waals surface area contributed by atoms with E-state index < -0.39 is 12.2 Å². The third-order valence-electron chi connectivity index (χ3n) is 4.46. The van der Waals surface area contributed by atoms with Crippen LogP contribution in [0.5, 0.6) is 5.75 Å². The summed E-state index contributed by atoms with van der Waals surface area (Å²) in [6.45, 7) is 2.34. The third-order valence-corrected chi connectivity index (χ3v) is 4.46. The summed E-state index contributed by atoms with van der Waals surface area (Å²) in [5, 5.41) is 31.7. The number of Topliss-reactive ketones (excluding diaryl/α,β-unsaturated/α-hetero) is 1. The lowest BCUT2D eigenvalue weighted by molar-refractivity contribution is -0.00247. The minimum Gasteiger partial charge on any atom is -0.508 e. The number of carbonyl (C=O) groups is 1. The number of aromatic hydroxyl groups is 1. The molecule has 0 spiro atoms. The second-order valence-corrected chi connectivity index (χ2v) is 6.90. The summed E-state index contributed by atoms with van der Waals surface area (Å²) in [4.78, 5) is 12.9. The first-order valence-electron chi connectivity index (χ1n) is 9.50. The van der Waals surface area contributed by atoms with E-state index in [1.54, 1.807) is 48.5 Å². The van der Waals surface area contributed by atoms with Crippen molar-refractivity contribution in [3.8, 4) is 5.75 Å². The molecule has 28 heavy (non-hydrogen) atoms. The Bertz CT molecular complexity index is 705. The molecule has 0 amide bonds. The Morgan fingerprint density at radius 1 is 1.11 bits per heavy atom. The fourth-order valence-electron chi connectivity index (χ4n) is 2.78. The number of nitrogens with one attached hydrogen (secondary N) is 1. The van der Waals surface area contributed by atoms with Crippen LogP contribution in [-0.2, 0) is 11.2 Å². The molecule has 3 unspecified atom stereocenters. The highest BCUT2D eigenvalue weighted by molar-refractivity contribution is 5.99. The van der Waals surface area contributed by atoms with Crippen LogP contribution in [0, 0.1) is 0 Å². The fraction of sp³-hybridized carbons (Fsp3) is 0.409. The molecule has 6 nitrogen and oxygen atoms in total. The van der Waals surface area contributed by atoms with E-state index in [-0.39, 0.29) is 30.8 Å². The monoisotopic (exact) mass is 387 g/mol. The van der Waals surface area contributed by atoms with Crippen molar-refractivity contribution in [2.75, 3.05) is 19.8 Å². The number of benzene rings is 2. The maximum absolute atomic E-state index is 12.9. The van der Waals surface area contributed by atoms with E-state index in [0.717, 1.165) is 5.56 Å². The number of ether oxygens (including phenoxy) is 1. The van der Waals surface area contributed by atoms with Crippen molar-refractivity contribution in [1.82, 2.24) is 5.32 Å². The standard InChI is InChI=1S/C22H29NO5/c1-16(11-12-24)23-14-20(26)15-28-21(13-17-7-9-19(25)10-8-17)22(27)18-5-3-2-4-6-18/h2-10,16,20-21,23-26H,11-15H2,1H3. The topological polar surface area (TPSA) is 99.0 Å². The van der Waals surface area contributed by atoms with Crippen molar-refractivity contribution in [3.63, 3.8) is 0 Å². The van der Waals surface area contributed by atoms with Gasteiger partial charge < -0.3 is 25.4 Å². The summed E-state index contributed by atoms with van der Waals surface area (Å²) >= 11 is 0. The van der Waals surface area contributed by atoms with E-state index in [1.807, 2.05) is 13.0 Å². The first kappa shape index (κ1) is 22.0. The molecule has 4 N–H and O–H groups in total. The van der Waals surface area contributed by atoms with Gasteiger partial charge in [-0.1, -0.05) is 42.5 Å². The van der Waals surface area contributed by atoms with Gasteiger partial charge in [0.05, 0.1) is 12.7 Å². The van der Waals surface area contributed by atoms with E-state index in [9.17, 15) is 15.0 Å². The van der Waals surface area contributed by atoms with E-state index in [1.165, 1.54) is 0 Å². The molecule has 6 heteroatoms. The van der Waals surface area contributed by atoms with E-state index in [2.05, 4.69) is 5.32 Å². The van der Waals surface area contributed by atoms with E-state index in [0.29, 0.717) is 24.9 Å². The van der Waals surface area contributed by atoms with Crippen LogP contribution in [0.25, 0.3) is 0 Å². The Hall–Kier alpha value is -2.25. The van der Waals surface area contributed by atoms with Crippen molar-refractivity contribution < 1.29 is 24.9 Å². The zero-order valence-corrected chi connectivity index (χ0v) is 16.1. The van der Waals surface area contributed by atoms with Gasteiger partial charge in [-0.15, -0.1) is 0 Å². The molecule has 0 radical (unpaired) electrons. The Morgan fingerprint density at radius 3 is 2.43 bits per heavy atom. The van der Waals surface area contributed by atoms with Crippen LogP contribution >= 0.6 is 0 Å². The van der Waals surface area contributed by atoms with Gasteiger partial charge >= 0.3 is 0 Å². The zero-order valence-electron chi connectivity index (χ0n) is 16.1. The molecule has 0 aliphatic carbocycles. The number of carbonyl (C=O) groups excluding carboxylic acids is 1. The van der Waals surface area contributed by atoms with Gasteiger partial charge in [0, 0.05) is 31.2 Å². The average Bonchev–Trinajstić information content (AvgIpc) is 2.71. The van der Waals surface area contributed by atoms with Gasteiger partial charge in [0.15, 0.2) is 5.78 Å². The molecule has 0 heterocycles. The molecule has 2 aromatic carbocycles.